The van der Waals surface area contributed by atoms with Crippen LogP contribution < -0.4 is 9.62 Å². The number of halogens is 5. The lowest BCUT2D eigenvalue weighted by molar-refractivity contribution is -0.140. The smallest absolute Gasteiger partial charge is 0.352 e. The summed E-state index contributed by atoms with van der Waals surface area (Å²) in [5.41, 5.74) is -1.10. The third-order valence-electron chi connectivity index (χ3n) is 7.15. The Bertz CT molecular complexity index is 1810. The first kappa shape index (κ1) is 35.4. The number of carbonyl (C=O) groups is 2. The lowest BCUT2D eigenvalue weighted by Gasteiger charge is -2.34. The van der Waals surface area contributed by atoms with Gasteiger partial charge in [-0.2, -0.15) is 13.2 Å². The molecule has 0 radical (unpaired) electrons. The van der Waals surface area contributed by atoms with E-state index in [1.54, 1.807) is 56.3 Å². The fraction of sp³-hybridized carbons (Fsp3) is 0.235. The van der Waals surface area contributed by atoms with Crippen LogP contribution in [0.2, 0.25) is 5.02 Å². The number of benzene rings is 4. The second kappa shape index (κ2) is 15.0. The third kappa shape index (κ3) is 8.89. The van der Waals surface area contributed by atoms with Crippen LogP contribution in [-0.2, 0) is 38.8 Å². The molecule has 0 bridgehead atoms. The van der Waals surface area contributed by atoms with Gasteiger partial charge in [0.1, 0.15) is 18.4 Å². The first-order chi connectivity index (χ1) is 22.2. The second-order valence-corrected chi connectivity index (χ2v) is 13.2. The van der Waals surface area contributed by atoms with Crippen molar-refractivity contribution in [3.05, 3.63) is 131 Å². The van der Waals surface area contributed by atoms with Crippen molar-refractivity contribution in [2.75, 3.05) is 10.8 Å². The van der Waals surface area contributed by atoms with E-state index in [0.717, 1.165) is 17.0 Å². The normalized spacial score (nSPS) is 12.4. The van der Waals surface area contributed by atoms with Gasteiger partial charge in [0.15, 0.2) is 0 Å². The van der Waals surface area contributed by atoms with E-state index in [0.29, 0.717) is 15.9 Å². The van der Waals surface area contributed by atoms with Gasteiger partial charge in [-0.1, -0.05) is 78.3 Å². The molecule has 248 valence electrons. The molecular weight excluding hydrogens is 658 g/mol. The molecule has 4 aromatic rings. The number of nitrogens with zero attached hydrogens (tertiary/aromatic N) is 2. The summed E-state index contributed by atoms with van der Waals surface area (Å²) in [6, 6.07) is 22.1. The van der Waals surface area contributed by atoms with E-state index in [1.807, 2.05) is 0 Å². The summed E-state index contributed by atoms with van der Waals surface area (Å²) in [7, 11) is -4.66. The van der Waals surface area contributed by atoms with Crippen LogP contribution in [0.1, 0.15) is 30.5 Å². The highest BCUT2D eigenvalue weighted by atomic mass is 35.5. The predicted molar refractivity (Wildman–Crippen MR) is 172 cm³/mol. The number of hydrogen-bond acceptors (Lipinski definition) is 4. The molecule has 2 amide bonds. The van der Waals surface area contributed by atoms with E-state index in [4.69, 9.17) is 11.6 Å². The van der Waals surface area contributed by atoms with Crippen molar-refractivity contribution in [3.8, 4) is 0 Å². The number of alkyl halides is 3. The van der Waals surface area contributed by atoms with E-state index >= 15 is 0 Å². The molecule has 0 aliphatic heterocycles. The number of sulfonamides is 1. The molecule has 0 fully saturated rings. The molecule has 0 aliphatic carbocycles. The van der Waals surface area contributed by atoms with Gasteiger partial charge in [0.05, 0.1) is 21.2 Å². The number of hydrogen-bond donors (Lipinski definition) is 1. The fourth-order valence-corrected chi connectivity index (χ4v) is 6.53. The fourth-order valence-electron chi connectivity index (χ4n) is 4.88. The standard InChI is InChI=1S/C34H32ClF4N3O4S/c1-23(2)40-33(44)31(19-24-11-5-3-6-12-24)41(21-25-13-9-10-16-30(25)36)32(43)22-42(47(45,46)27-14-7-4-8-15-27)26-17-18-29(35)28(20-26)34(37,38)39/h3-18,20,23,31H,19,21-22H2,1-2H3,(H,40,44). The average molecular weight is 690 g/mol. The Morgan fingerprint density at radius 1 is 0.872 bits per heavy atom. The van der Waals surface area contributed by atoms with Crippen LogP contribution in [0.5, 0.6) is 0 Å². The molecule has 0 aromatic heterocycles. The quantitative estimate of drug-likeness (QED) is 0.165. The minimum Gasteiger partial charge on any atom is -0.352 e. The molecule has 4 aromatic carbocycles. The number of amides is 2. The Labute approximate surface area is 275 Å². The zero-order valence-electron chi connectivity index (χ0n) is 25.4. The molecular formula is C34H32ClF4N3O4S. The van der Waals surface area contributed by atoms with Crippen molar-refractivity contribution in [2.24, 2.45) is 0 Å². The number of anilines is 1. The molecule has 1 atom stereocenters. The SMILES string of the molecule is CC(C)NC(=O)C(Cc1ccccc1)N(Cc1ccccc1F)C(=O)CN(c1ccc(Cl)c(C(F)(F)F)c1)S(=O)(=O)c1ccccc1. The van der Waals surface area contributed by atoms with Crippen LogP contribution >= 0.6 is 11.6 Å². The Morgan fingerprint density at radius 3 is 2.06 bits per heavy atom. The summed E-state index contributed by atoms with van der Waals surface area (Å²) in [5, 5.41) is 2.10. The maximum atomic E-state index is 15.0. The molecule has 4 rings (SSSR count). The van der Waals surface area contributed by atoms with Crippen molar-refractivity contribution in [1.82, 2.24) is 10.2 Å². The van der Waals surface area contributed by atoms with Gasteiger partial charge in [0.25, 0.3) is 10.0 Å². The van der Waals surface area contributed by atoms with Gasteiger partial charge in [-0.05, 0) is 55.8 Å². The molecule has 0 aliphatic rings. The van der Waals surface area contributed by atoms with E-state index in [1.165, 1.54) is 42.5 Å². The van der Waals surface area contributed by atoms with Crippen molar-refractivity contribution in [1.29, 1.82) is 0 Å². The molecule has 47 heavy (non-hydrogen) atoms. The van der Waals surface area contributed by atoms with Gasteiger partial charge in [0.2, 0.25) is 11.8 Å². The molecule has 1 N–H and O–H groups in total. The van der Waals surface area contributed by atoms with E-state index in [-0.39, 0.29) is 22.9 Å². The molecule has 0 saturated carbocycles. The topological polar surface area (TPSA) is 86.8 Å². The minimum atomic E-state index is -4.94. The van der Waals surface area contributed by atoms with Crippen LogP contribution in [0.4, 0.5) is 23.2 Å². The maximum absolute atomic E-state index is 15.0. The molecule has 1 unspecified atom stereocenters. The largest absolute Gasteiger partial charge is 0.417 e. The number of nitrogens with one attached hydrogen (secondary N) is 1. The highest BCUT2D eigenvalue weighted by molar-refractivity contribution is 7.92. The molecule has 7 nitrogen and oxygen atoms in total. The van der Waals surface area contributed by atoms with Crippen LogP contribution in [0.25, 0.3) is 0 Å². The summed E-state index contributed by atoms with van der Waals surface area (Å²) in [6.45, 7) is 1.97. The van der Waals surface area contributed by atoms with Crippen molar-refractivity contribution < 1.29 is 35.6 Å². The molecule has 0 saturated heterocycles. The van der Waals surface area contributed by atoms with E-state index in [9.17, 15) is 35.6 Å². The third-order valence-corrected chi connectivity index (χ3v) is 9.27. The van der Waals surface area contributed by atoms with Crippen molar-refractivity contribution in [3.63, 3.8) is 0 Å². The van der Waals surface area contributed by atoms with Crippen molar-refractivity contribution >= 4 is 39.1 Å². The summed E-state index contributed by atoms with van der Waals surface area (Å²) in [6.07, 6.45) is -4.96. The monoisotopic (exact) mass is 689 g/mol. The maximum Gasteiger partial charge on any atom is 0.417 e. The van der Waals surface area contributed by atoms with Crippen LogP contribution in [0, 0.1) is 5.82 Å². The summed E-state index contributed by atoms with van der Waals surface area (Å²) >= 11 is 5.83. The Kier molecular flexibility index (Phi) is 11.3. The Balaban J connectivity index is 1.87. The first-order valence-corrected chi connectivity index (χ1v) is 16.3. The molecule has 13 heteroatoms. The predicted octanol–water partition coefficient (Wildman–Crippen LogP) is 6.86. The number of rotatable bonds is 12. The van der Waals surface area contributed by atoms with E-state index < -0.39 is 69.2 Å². The van der Waals surface area contributed by atoms with Crippen molar-refractivity contribution in [2.45, 2.75) is 50.0 Å². The van der Waals surface area contributed by atoms with Crippen LogP contribution in [0.3, 0.4) is 0 Å². The van der Waals surface area contributed by atoms with Gasteiger partial charge >= 0.3 is 6.18 Å². The van der Waals surface area contributed by atoms with Crippen LogP contribution in [0.15, 0.2) is 108 Å². The summed E-state index contributed by atoms with van der Waals surface area (Å²) in [5.74, 6) is -2.22. The van der Waals surface area contributed by atoms with Gasteiger partial charge in [-0.3, -0.25) is 13.9 Å². The van der Waals surface area contributed by atoms with E-state index in [2.05, 4.69) is 5.32 Å². The summed E-state index contributed by atoms with van der Waals surface area (Å²) < 4.78 is 85.1. The zero-order chi connectivity index (χ0) is 34.4. The van der Waals surface area contributed by atoms with Crippen LogP contribution in [-0.4, -0.2) is 43.8 Å². The zero-order valence-corrected chi connectivity index (χ0v) is 27.0. The Morgan fingerprint density at radius 2 is 1.47 bits per heavy atom. The Hall–Kier alpha value is -4.42. The molecule has 0 spiro atoms. The van der Waals surface area contributed by atoms with Gasteiger partial charge < -0.3 is 10.2 Å². The highest BCUT2D eigenvalue weighted by Crippen LogP contribution is 2.38. The van der Waals surface area contributed by atoms with Gasteiger partial charge in [0, 0.05) is 24.6 Å². The van der Waals surface area contributed by atoms with Gasteiger partial charge in [-0.15, -0.1) is 0 Å². The lowest BCUT2D eigenvalue weighted by atomic mass is 10.0. The second-order valence-electron chi connectivity index (χ2n) is 11.0. The first-order valence-electron chi connectivity index (χ1n) is 14.5. The minimum absolute atomic E-state index is 0.0236. The summed E-state index contributed by atoms with van der Waals surface area (Å²) in [4.78, 5) is 28.8. The highest BCUT2D eigenvalue weighted by Gasteiger charge is 2.38. The van der Waals surface area contributed by atoms with Gasteiger partial charge in [-0.25, -0.2) is 12.8 Å². The molecule has 0 heterocycles. The number of carbonyl (C=O) groups excluding carboxylic acids is 2. The lowest BCUT2D eigenvalue weighted by Crippen LogP contribution is -2.54. The average Bonchev–Trinajstić information content (AvgIpc) is 3.02.